The second-order valence-electron chi connectivity index (χ2n) is 12.0. The third-order valence-electron chi connectivity index (χ3n) is 9.28. The van der Waals surface area contributed by atoms with Crippen LogP contribution in [0.3, 0.4) is 0 Å². The molecule has 8 heteroatoms. The van der Waals surface area contributed by atoms with Crippen molar-refractivity contribution in [1.29, 1.82) is 0 Å². The number of amides is 1. The van der Waals surface area contributed by atoms with Crippen LogP contribution in [0.2, 0.25) is 0 Å². The normalized spacial score (nSPS) is 18.4. The van der Waals surface area contributed by atoms with Crippen LogP contribution in [0.4, 0.5) is 0 Å². The molecule has 42 heavy (non-hydrogen) atoms. The van der Waals surface area contributed by atoms with Gasteiger partial charge >= 0.3 is 0 Å². The molecule has 1 aromatic heterocycles. The predicted octanol–water partition coefficient (Wildman–Crippen LogP) is 4.16. The van der Waals surface area contributed by atoms with Gasteiger partial charge in [0.15, 0.2) is 11.5 Å². The van der Waals surface area contributed by atoms with Gasteiger partial charge in [-0.15, -0.1) is 0 Å². The van der Waals surface area contributed by atoms with E-state index in [9.17, 15) is 4.79 Å². The minimum absolute atomic E-state index is 0.138. The van der Waals surface area contributed by atoms with Crippen LogP contribution in [0.15, 0.2) is 60.7 Å². The lowest BCUT2D eigenvalue weighted by atomic mass is 10.1. The first-order chi connectivity index (χ1) is 20.6. The molecule has 220 valence electrons. The summed E-state index contributed by atoms with van der Waals surface area (Å²) in [7, 11) is 2.21. The highest BCUT2D eigenvalue weighted by molar-refractivity contribution is 6.10. The van der Waals surface area contributed by atoms with E-state index >= 15 is 0 Å². The molecule has 7 rings (SSSR count). The highest BCUT2D eigenvalue weighted by Gasteiger charge is 2.23. The van der Waals surface area contributed by atoms with E-state index in [-0.39, 0.29) is 5.91 Å². The molecule has 0 N–H and O–H groups in total. The van der Waals surface area contributed by atoms with Gasteiger partial charge in [-0.05, 0) is 68.4 Å². The van der Waals surface area contributed by atoms with E-state index in [1.54, 1.807) is 0 Å². The predicted molar refractivity (Wildman–Crippen MR) is 167 cm³/mol. The maximum Gasteiger partial charge on any atom is 0.253 e. The Morgan fingerprint density at radius 3 is 2.31 bits per heavy atom. The average molecular weight is 568 g/mol. The van der Waals surface area contributed by atoms with Crippen molar-refractivity contribution in [1.82, 2.24) is 24.2 Å². The van der Waals surface area contributed by atoms with E-state index in [1.165, 1.54) is 27.4 Å². The lowest BCUT2D eigenvalue weighted by molar-refractivity contribution is 0.0638. The van der Waals surface area contributed by atoms with Crippen molar-refractivity contribution in [3.63, 3.8) is 0 Å². The lowest BCUT2D eigenvalue weighted by Gasteiger charge is -2.34. The Bertz CT molecular complexity index is 1570. The molecule has 2 fully saturated rings. The number of carbonyl (C=O) groups is 1. The van der Waals surface area contributed by atoms with Crippen molar-refractivity contribution in [2.45, 2.75) is 19.4 Å². The molecule has 3 aliphatic heterocycles. The highest BCUT2D eigenvalue weighted by atomic mass is 16.7. The number of aryl methyl sites for hydroxylation is 1. The number of benzene rings is 3. The van der Waals surface area contributed by atoms with Crippen LogP contribution >= 0.6 is 0 Å². The summed E-state index contributed by atoms with van der Waals surface area (Å²) in [4.78, 5) is 23.1. The number of fused-ring (bicyclic) bond motifs is 4. The molecule has 0 unspecified atom stereocenters. The zero-order valence-electron chi connectivity index (χ0n) is 24.6. The summed E-state index contributed by atoms with van der Waals surface area (Å²) in [5.74, 6) is 1.81. The van der Waals surface area contributed by atoms with Crippen LogP contribution in [0.1, 0.15) is 22.3 Å². The number of piperazine rings is 2. The van der Waals surface area contributed by atoms with Crippen molar-refractivity contribution in [2.24, 2.45) is 0 Å². The monoisotopic (exact) mass is 567 g/mol. The zero-order valence-corrected chi connectivity index (χ0v) is 24.6. The minimum atomic E-state index is 0.138. The molecule has 4 aromatic rings. The third-order valence-corrected chi connectivity index (χ3v) is 9.28. The van der Waals surface area contributed by atoms with Gasteiger partial charge in [0.05, 0.1) is 0 Å². The molecule has 0 atom stereocenters. The minimum Gasteiger partial charge on any atom is -0.454 e. The van der Waals surface area contributed by atoms with Crippen LogP contribution in [0, 0.1) is 0 Å². The van der Waals surface area contributed by atoms with Gasteiger partial charge in [0.1, 0.15) is 0 Å². The van der Waals surface area contributed by atoms with E-state index in [4.69, 9.17) is 9.47 Å². The van der Waals surface area contributed by atoms with Gasteiger partial charge in [-0.2, -0.15) is 0 Å². The number of carbonyl (C=O) groups excluding carboxylic acids is 1. The van der Waals surface area contributed by atoms with Crippen LogP contribution in [0.25, 0.3) is 21.8 Å². The molecule has 3 aliphatic rings. The number of aromatic nitrogens is 1. The Kier molecular flexibility index (Phi) is 7.76. The molecule has 0 saturated carbocycles. The third kappa shape index (κ3) is 5.59. The molecular formula is C34H41N5O3. The summed E-state index contributed by atoms with van der Waals surface area (Å²) < 4.78 is 13.4. The Hall–Kier alpha value is -3.59. The first-order valence-electron chi connectivity index (χ1n) is 15.4. The highest BCUT2D eigenvalue weighted by Crippen LogP contribution is 2.33. The van der Waals surface area contributed by atoms with E-state index in [1.807, 2.05) is 17.0 Å². The number of nitrogens with zero attached hydrogens (tertiary/aromatic N) is 5. The summed E-state index contributed by atoms with van der Waals surface area (Å²) in [6, 6.07) is 21.2. The second kappa shape index (κ2) is 12.0. The van der Waals surface area contributed by atoms with Crippen molar-refractivity contribution in [2.75, 3.05) is 79.3 Å². The van der Waals surface area contributed by atoms with E-state index < -0.39 is 0 Å². The SMILES string of the molecule is CN1CCN(CCCn2c3ccccc3c3cc(C(=O)N4CCN(CCc5ccc6c(c5)OCO6)CC4)ccc32)CC1. The second-order valence-corrected chi connectivity index (χ2v) is 12.0. The fourth-order valence-corrected chi connectivity index (χ4v) is 6.69. The molecule has 0 aliphatic carbocycles. The fourth-order valence-electron chi connectivity index (χ4n) is 6.69. The van der Waals surface area contributed by atoms with E-state index in [0.29, 0.717) is 6.79 Å². The maximum absolute atomic E-state index is 13.6. The van der Waals surface area contributed by atoms with Crippen LogP contribution in [-0.4, -0.2) is 109 Å². The van der Waals surface area contributed by atoms with Gasteiger partial charge < -0.3 is 28.7 Å². The number of hydrogen-bond donors (Lipinski definition) is 0. The van der Waals surface area contributed by atoms with Gasteiger partial charge in [-0.25, -0.2) is 0 Å². The van der Waals surface area contributed by atoms with Crippen LogP contribution in [-0.2, 0) is 13.0 Å². The molecule has 0 bridgehead atoms. The molecule has 8 nitrogen and oxygen atoms in total. The first-order valence-corrected chi connectivity index (χ1v) is 15.4. The maximum atomic E-state index is 13.6. The smallest absolute Gasteiger partial charge is 0.253 e. The van der Waals surface area contributed by atoms with Crippen LogP contribution in [0.5, 0.6) is 11.5 Å². The Labute approximate surface area is 248 Å². The fraction of sp³-hybridized carbons (Fsp3) is 0.441. The molecule has 3 aromatic carbocycles. The van der Waals surface area contributed by atoms with E-state index in [0.717, 1.165) is 102 Å². The molecule has 2 saturated heterocycles. The number of likely N-dealkylation sites (N-methyl/N-ethyl adjacent to an activating group) is 1. The lowest BCUT2D eigenvalue weighted by Crippen LogP contribution is -2.49. The number of para-hydroxylation sites is 1. The zero-order chi connectivity index (χ0) is 28.5. The number of ether oxygens (including phenoxy) is 2. The largest absolute Gasteiger partial charge is 0.454 e. The van der Waals surface area contributed by atoms with Crippen LogP contribution < -0.4 is 9.47 Å². The van der Waals surface area contributed by atoms with Gasteiger partial charge in [-0.3, -0.25) is 9.69 Å². The van der Waals surface area contributed by atoms with Gasteiger partial charge in [0, 0.05) is 92.8 Å². The quantitative estimate of drug-likeness (QED) is 0.319. The van der Waals surface area contributed by atoms with Gasteiger partial charge in [0.25, 0.3) is 5.91 Å². The summed E-state index contributed by atoms with van der Waals surface area (Å²) in [5, 5.41) is 2.41. The van der Waals surface area contributed by atoms with Crippen molar-refractivity contribution in [3.05, 3.63) is 71.8 Å². The molecule has 0 radical (unpaired) electrons. The summed E-state index contributed by atoms with van der Waals surface area (Å²) >= 11 is 0. The van der Waals surface area contributed by atoms with Crippen molar-refractivity contribution in [3.8, 4) is 11.5 Å². The van der Waals surface area contributed by atoms with Crippen molar-refractivity contribution < 1.29 is 14.3 Å². The molecular weight excluding hydrogens is 526 g/mol. The first kappa shape index (κ1) is 27.3. The summed E-state index contributed by atoms with van der Waals surface area (Å²) in [5.41, 5.74) is 4.52. The Morgan fingerprint density at radius 2 is 1.45 bits per heavy atom. The standard InChI is InChI=1S/C34H41N5O3/c1-35-15-17-36(18-16-35)12-4-13-39-30-6-3-2-5-28(30)29-24-27(8-9-31(29)39)34(40)38-21-19-37(20-22-38)14-11-26-7-10-32-33(23-26)42-25-41-32/h2-3,5-10,23-24H,4,11-22,25H2,1H3. The molecule has 0 spiro atoms. The topological polar surface area (TPSA) is 53.4 Å². The molecule has 1 amide bonds. The Morgan fingerprint density at radius 1 is 0.714 bits per heavy atom. The number of rotatable bonds is 8. The molecule has 4 heterocycles. The van der Waals surface area contributed by atoms with Gasteiger partial charge in [0.2, 0.25) is 6.79 Å². The van der Waals surface area contributed by atoms with Crippen molar-refractivity contribution >= 4 is 27.7 Å². The average Bonchev–Trinajstić information content (AvgIpc) is 3.63. The summed E-state index contributed by atoms with van der Waals surface area (Å²) in [6.07, 6.45) is 2.08. The summed E-state index contributed by atoms with van der Waals surface area (Å²) in [6.45, 7) is 11.3. The van der Waals surface area contributed by atoms with E-state index in [2.05, 4.69) is 74.8 Å². The Balaban J connectivity index is 0.988. The van der Waals surface area contributed by atoms with Gasteiger partial charge in [-0.1, -0.05) is 24.3 Å². The number of hydrogen-bond acceptors (Lipinski definition) is 6.